The molecule has 0 unspecified atom stereocenters. The first kappa shape index (κ1) is 10.1. The Hall–Kier alpha value is -2.04. The molecule has 0 radical (unpaired) electrons. The second-order valence-electron chi connectivity index (χ2n) is 4.01. The summed E-state index contributed by atoms with van der Waals surface area (Å²) in [5.74, 6) is 1.43. The average molecular weight is 227 g/mol. The van der Waals surface area contributed by atoms with Crippen LogP contribution in [0.3, 0.4) is 0 Å². The van der Waals surface area contributed by atoms with Crippen LogP contribution in [-0.4, -0.2) is 33.0 Å². The predicted octanol–water partition coefficient (Wildman–Crippen LogP) is 1.53. The minimum absolute atomic E-state index is 0.648. The summed E-state index contributed by atoms with van der Waals surface area (Å²) in [7, 11) is 0. The number of hydrogen-bond donors (Lipinski definition) is 0. The van der Waals surface area contributed by atoms with Crippen LogP contribution in [0.25, 0.3) is 11.5 Å². The molecule has 2 aromatic rings. The molecule has 0 bridgehead atoms. The first-order chi connectivity index (χ1) is 8.43. The third kappa shape index (κ3) is 2.08. The smallest absolute Gasteiger partial charge is 0.225 e. The fraction of sp³-hybridized carbons (Fsp3) is 0.333. The molecule has 0 saturated carbocycles. The molecular formula is C12H13N5. The molecule has 0 amide bonds. The van der Waals surface area contributed by atoms with Gasteiger partial charge in [0, 0.05) is 31.7 Å². The van der Waals surface area contributed by atoms with Crippen LogP contribution in [0, 0.1) is 0 Å². The summed E-state index contributed by atoms with van der Waals surface area (Å²) >= 11 is 0. The molecule has 0 N–H and O–H groups in total. The zero-order valence-corrected chi connectivity index (χ0v) is 9.45. The van der Waals surface area contributed by atoms with Crippen molar-refractivity contribution < 1.29 is 0 Å². The first-order valence-corrected chi connectivity index (χ1v) is 5.79. The Labute approximate surface area is 99.6 Å². The Morgan fingerprint density at radius 1 is 0.941 bits per heavy atom. The highest BCUT2D eigenvalue weighted by atomic mass is 15.3. The van der Waals surface area contributed by atoms with Crippen molar-refractivity contribution in [2.45, 2.75) is 12.8 Å². The van der Waals surface area contributed by atoms with Gasteiger partial charge >= 0.3 is 0 Å². The zero-order chi connectivity index (χ0) is 11.5. The summed E-state index contributed by atoms with van der Waals surface area (Å²) in [5, 5.41) is 0. The Balaban J connectivity index is 1.94. The van der Waals surface area contributed by atoms with E-state index in [0.717, 1.165) is 24.7 Å². The van der Waals surface area contributed by atoms with Crippen molar-refractivity contribution in [2.75, 3.05) is 18.0 Å². The van der Waals surface area contributed by atoms with Crippen LogP contribution in [0.15, 0.2) is 30.7 Å². The fourth-order valence-corrected chi connectivity index (χ4v) is 1.97. The molecule has 1 fully saturated rings. The Morgan fingerprint density at radius 2 is 1.71 bits per heavy atom. The van der Waals surface area contributed by atoms with E-state index in [1.54, 1.807) is 24.7 Å². The lowest BCUT2D eigenvalue weighted by Gasteiger charge is -2.14. The van der Waals surface area contributed by atoms with E-state index in [4.69, 9.17) is 0 Å². The highest BCUT2D eigenvalue weighted by Gasteiger charge is 2.15. The maximum atomic E-state index is 4.51. The summed E-state index contributed by atoms with van der Waals surface area (Å²) in [4.78, 5) is 19.4. The minimum atomic E-state index is 0.648. The molecule has 1 aliphatic heterocycles. The molecule has 0 aromatic carbocycles. The van der Waals surface area contributed by atoms with Crippen LogP contribution in [0.1, 0.15) is 12.8 Å². The average Bonchev–Trinajstić information content (AvgIpc) is 2.94. The van der Waals surface area contributed by atoms with E-state index < -0.39 is 0 Å². The maximum absolute atomic E-state index is 4.51. The highest BCUT2D eigenvalue weighted by Crippen LogP contribution is 2.18. The highest BCUT2D eigenvalue weighted by molar-refractivity contribution is 5.50. The van der Waals surface area contributed by atoms with E-state index in [-0.39, 0.29) is 0 Å². The lowest BCUT2D eigenvalue weighted by Crippen LogP contribution is -2.20. The van der Waals surface area contributed by atoms with Gasteiger partial charge in [0.05, 0.1) is 0 Å². The predicted molar refractivity (Wildman–Crippen MR) is 64.5 cm³/mol. The van der Waals surface area contributed by atoms with Crippen LogP contribution >= 0.6 is 0 Å². The standard InChI is InChI=1S/C12H13N5/c1-2-9-17(8-1)12-15-7-4-10(16-12)11-13-5-3-6-14-11/h3-7H,1-2,8-9H2. The molecular weight excluding hydrogens is 214 g/mol. The van der Waals surface area contributed by atoms with E-state index in [9.17, 15) is 0 Å². The van der Waals surface area contributed by atoms with Gasteiger partial charge in [0.15, 0.2) is 5.82 Å². The molecule has 5 heteroatoms. The van der Waals surface area contributed by atoms with E-state index >= 15 is 0 Å². The Bertz CT molecular complexity index is 493. The largest absolute Gasteiger partial charge is 0.341 e. The van der Waals surface area contributed by atoms with Crippen molar-refractivity contribution >= 4 is 5.95 Å². The van der Waals surface area contributed by atoms with Crippen LogP contribution in [0.5, 0.6) is 0 Å². The van der Waals surface area contributed by atoms with Gasteiger partial charge in [0.2, 0.25) is 5.95 Å². The second kappa shape index (κ2) is 4.45. The third-order valence-corrected chi connectivity index (χ3v) is 2.83. The summed E-state index contributed by atoms with van der Waals surface area (Å²) in [6.45, 7) is 2.08. The van der Waals surface area contributed by atoms with Crippen molar-refractivity contribution in [1.29, 1.82) is 0 Å². The number of aromatic nitrogens is 4. The quantitative estimate of drug-likeness (QED) is 0.778. The molecule has 5 nitrogen and oxygen atoms in total. The van der Waals surface area contributed by atoms with Gasteiger partial charge < -0.3 is 4.90 Å². The summed E-state index contributed by atoms with van der Waals surface area (Å²) in [6.07, 6.45) is 7.65. The fourth-order valence-electron chi connectivity index (χ4n) is 1.97. The van der Waals surface area contributed by atoms with Gasteiger partial charge in [-0.1, -0.05) is 0 Å². The van der Waals surface area contributed by atoms with Crippen molar-refractivity contribution in [1.82, 2.24) is 19.9 Å². The Kier molecular flexibility index (Phi) is 2.65. The lowest BCUT2D eigenvalue weighted by molar-refractivity contribution is 0.897. The van der Waals surface area contributed by atoms with Crippen LogP contribution < -0.4 is 4.90 Å². The van der Waals surface area contributed by atoms with Gasteiger partial charge in [0.1, 0.15) is 5.69 Å². The van der Waals surface area contributed by atoms with E-state index in [2.05, 4.69) is 24.8 Å². The van der Waals surface area contributed by atoms with Gasteiger partial charge in [0.25, 0.3) is 0 Å². The van der Waals surface area contributed by atoms with Gasteiger partial charge in [-0.2, -0.15) is 0 Å². The SMILES string of the molecule is c1cnc(-c2ccnc(N3CCCC3)n2)nc1. The van der Waals surface area contributed by atoms with E-state index in [1.807, 2.05) is 6.07 Å². The molecule has 0 atom stereocenters. The van der Waals surface area contributed by atoms with Crippen LogP contribution in [0.2, 0.25) is 0 Å². The number of hydrogen-bond acceptors (Lipinski definition) is 5. The topological polar surface area (TPSA) is 54.8 Å². The van der Waals surface area contributed by atoms with Gasteiger partial charge in [-0.25, -0.2) is 19.9 Å². The van der Waals surface area contributed by atoms with Crippen molar-refractivity contribution in [2.24, 2.45) is 0 Å². The lowest BCUT2D eigenvalue weighted by atomic mass is 10.4. The number of rotatable bonds is 2. The number of anilines is 1. The molecule has 1 aliphatic rings. The zero-order valence-electron chi connectivity index (χ0n) is 9.45. The van der Waals surface area contributed by atoms with Crippen LogP contribution in [-0.2, 0) is 0 Å². The summed E-state index contributed by atoms with van der Waals surface area (Å²) < 4.78 is 0. The number of nitrogens with zero attached hydrogens (tertiary/aromatic N) is 5. The molecule has 0 spiro atoms. The third-order valence-electron chi connectivity index (χ3n) is 2.83. The normalized spacial score (nSPS) is 15.2. The summed E-state index contributed by atoms with van der Waals surface area (Å²) in [6, 6.07) is 3.64. The molecule has 17 heavy (non-hydrogen) atoms. The van der Waals surface area contributed by atoms with Gasteiger partial charge in [-0.15, -0.1) is 0 Å². The van der Waals surface area contributed by atoms with Gasteiger partial charge in [-0.05, 0) is 25.0 Å². The molecule has 1 saturated heterocycles. The van der Waals surface area contributed by atoms with E-state index in [1.165, 1.54) is 12.8 Å². The maximum Gasteiger partial charge on any atom is 0.225 e. The minimum Gasteiger partial charge on any atom is -0.341 e. The second-order valence-corrected chi connectivity index (χ2v) is 4.01. The van der Waals surface area contributed by atoms with Crippen molar-refractivity contribution in [3.05, 3.63) is 30.7 Å². The molecule has 3 rings (SSSR count). The van der Waals surface area contributed by atoms with Gasteiger partial charge in [-0.3, -0.25) is 0 Å². The monoisotopic (exact) mass is 227 g/mol. The Morgan fingerprint density at radius 3 is 2.47 bits per heavy atom. The van der Waals surface area contributed by atoms with Crippen LogP contribution in [0.4, 0.5) is 5.95 Å². The first-order valence-electron chi connectivity index (χ1n) is 5.79. The van der Waals surface area contributed by atoms with E-state index in [0.29, 0.717) is 5.82 Å². The van der Waals surface area contributed by atoms with Crippen molar-refractivity contribution in [3.63, 3.8) is 0 Å². The van der Waals surface area contributed by atoms with Crippen molar-refractivity contribution in [3.8, 4) is 11.5 Å². The molecule has 0 aliphatic carbocycles. The molecule has 2 aromatic heterocycles. The summed E-state index contributed by atoms with van der Waals surface area (Å²) in [5.41, 5.74) is 0.780. The molecule has 3 heterocycles. The molecule has 86 valence electrons.